The second kappa shape index (κ2) is 4.54. The standard InChI is InChI=1S/C9H13NO3/c1-2-8(13-9(11)12)7-5-3-4-6-10-7/h2,4,6-8,10H,1,3,5H2,(H,11,12). The van der Waals surface area contributed by atoms with Crippen LogP contribution in [-0.4, -0.2) is 23.4 Å². The third kappa shape index (κ3) is 2.82. The van der Waals surface area contributed by atoms with Crippen molar-refractivity contribution in [1.29, 1.82) is 0 Å². The third-order valence-corrected chi connectivity index (χ3v) is 1.94. The Labute approximate surface area is 76.9 Å². The molecule has 0 aromatic carbocycles. The highest BCUT2D eigenvalue weighted by Crippen LogP contribution is 2.11. The zero-order chi connectivity index (χ0) is 9.68. The van der Waals surface area contributed by atoms with E-state index in [0.29, 0.717) is 0 Å². The molecule has 0 fully saturated rings. The van der Waals surface area contributed by atoms with Crippen LogP contribution in [0.1, 0.15) is 12.8 Å². The van der Waals surface area contributed by atoms with Gasteiger partial charge in [0, 0.05) is 0 Å². The van der Waals surface area contributed by atoms with Crippen molar-refractivity contribution in [3.8, 4) is 0 Å². The quantitative estimate of drug-likeness (QED) is 0.514. The summed E-state index contributed by atoms with van der Waals surface area (Å²) >= 11 is 0. The van der Waals surface area contributed by atoms with Gasteiger partial charge in [0.25, 0.3) is 0 Å². The average molecular weight is 183 g/mol. The molecule has 2 N–H and O–H groups in total. The lowest BCUT2D eigenvalue weighted by Crippen LogP contribution is -2.39. The summed E-state index contributed by atoms with van der Waals surface area (Å²) in [5.74, 6) is 0. The average Bonchev–Trinajstić information content (AvgIpc) is 2.15. The lowest BCUT2D eigenvalue weighted by Gasteiger charge is -2.25. The van der Waals surface area contributed by atoms with Crippen LogP contribution in [0.3, 0.4) is 0 Å². The van der Waals surface area contributed by atoms with E-state index in [4.69, 9.17) is 5.11 Å². The van der Waals surface area contributed by atoms with Crippen LogP contribution < -0.4 is 5.32 Å². The highest BCUT2D eigenvalue weighted by atomic mass is 16.7. The van der Waals surface area contributed by atoms with Crippen LogP contribution in [0.4, 0.5) is 4.79 Å². The molecule has 0 saturated heterocycles. The normalized spacial score (nSPS) is 22.9. The number of nitrogens with one attached hydrogen (secondary N) is 1. The predicted octanol–water partition coefficient (Wildman–Crippen LogP) is 1.50. The molecule has 0 aromatic heterocycles. The van der Waals surface area contributed by atoms with Gasteiger partial charge in [0.2, 0.25) is 0 Å². The molecule has 1 heterocycles. The molecule has 0 bridgehead atoms. The molecule has 1 aliphatic heterocycles. The smallest absolute Gasteiger partial charge is 0.450 e. The van der Waals surface area contributed by atoms with Gasteiger partial charge < -0.3 is 15.2 Å². The lowest BCUT2D eigenvalue weighted by atomic mass is 10.0. The van der Waals surface area contributed by atoms with Crippen molar-refractivity contribution in [1.82, 2.24) is 5.32 Å². The molecule has 1 rings (SSSR count). The van der Waals surface area contributed by atoms with Crippen LogP contribution in [0.5, 0.6) is 0 Å². The molecule has 4 nitrogen and oxygen atoms in total. The number of rotatable bonds is 3. The predicted molar refractivity (Wildman–Crippen MR) is 48.4 cm³/mol. The van der Waals surface area contributed by atoms with E-state index in [2.05, 4.69) is 16.6 Å². The van der Waals surface area contributed by atoms with Gasteiger partial charge in [0.1, 0.15) is 6.10 Å². The van der Waals surface area contributed by atoms with Crippen molar-refractivity contribution in [2.45, 2.75) is 25.0 Å². The molecule has 13 heavy (non-hydrogen) atoms. The molecule has 0 spiro atoms. The molecule has 2 atom stereocenters. The van der Waals surface area contributed by atoms with Gasteiger partial charge in [0.05, 0.1) is 6.04 Å². The largest absolute Gasteiger partial charge is 0.506 e. The van der Waals surface area contributed by atoms with Crippen molar-refractivity contribution < 1.29 is 14.6 Å². The second-order valence-corrected chi connectivity index (χ2v) is 2.84. The van der Waals surface area contributed by atoms with Gasteiger partial charge in [-0.05, 0) is 25.1 Å². The first-order valence-electron chi connectivity index (χ1n) is 4.17. The molecular weight excluding hydrogens is 170 g/mol. The maximum absolute atomic E-state index is 10.3. The lowest BCUT2D eigenvalue weighted by molar-refractivity contribution is 0.0547. The van der Waals surface area contributed by atoms with E-state index in [1.807, 2.05) is 12.3 Å². The van der Waals surface area contributed by atoms with Crippen LogP contribution in [0.25, 0.3) is 0 Å². The SMILES string of the molecule is C=CC(OC(=O)O)C1CCC=CN1. The van der Waals surface area contributed by atoms with Crippen LogP contribution in [0.2, 0.25) is 0 Å². The zero-order valence-corrected chi connectivity index (χ0v) is 7.27. The Balaban J connectivity index is 2.49. The van der Waals surface area contributed by atoms with Crippen molar-refractivity contribution >= 4 is 6.16 Å². The summed E-state index contributed by atoms with van der Waals surface area (Å²) in [6.07, 6.45) is 5.38. The molecule has 72 valence electrons. The highest BCUT2D eigenvalue weighted by Gasteiger charge is 2.21. The summed E-state index contributed by atoms with van der Waals surface area (Å²) in [7, 11) is 0. The topological polar surface area (TPSA) is 58.6 Å². The Hall–Kier alpha value is -1.45. The van der Waals surface area contributed by atoms with Gasteiger partial charge in [0.15, 0.2) is 0 Å². The highest BCUT2D eigenvalue weighted by molar-refractivity contribution is 5.57. The fourth-order valence-electron chi connectivity index (χ4n) is 1.30. The number of allylic oxidation sites excluding steroid dienone is 1. The number of carbonyl (C=O) groups is 1. The van der Waals surface area contributed by atoms with Crippen LogP contribution in [0.15, 0.2) is 24.9 Å². The van der Waals surface area contributed by atoms with Gasteiger partial charge in [-0.1, -0.05) is 12.7 Å². The van der Waals surface area contributed by atoms with Gasteiger partial charge in [-0.2, -0.15) is 0 Å². The van der Waals surface area contributed by atoms with Crippen molar-refractivity contribution in [3.63, 3.8) is 0 Å². The van der Waals surface area contributed by atoms with Gasteiger partial charge in [-0.25, -0.2) is 4.79 Å². The summed E-state index contributed by atoms with van der Waals surface area (Å²) in [6, 6.07) is 0.0126. The molecule has 0 aliphatic carbocycles. The van der Waals surface area contributed by atoms with Gasteiger partial charge in [-0.15, -0.1) is 0 Å². The van der Waals surface area contributed by atoms with E-state index in [-0.39, 0.29) is 6.04 Å². The summed E-state index contributed by atoms with van der Waals surface area (Å²) in [6.45, 7) is 3.54. The summed E-state index contributed by atoms with van der Waals surface area (Å²) in [5, 5.41) is 11.5. The Morgan fingerprint density at radius 1 is 1.85 bits per heavy atom. The fourth-order valence-corrected chi connectivity index (χ4v) is 1.30. The molecule has 2 unspecified atom stereocenters. The Kier molecular flexibility index (Phi) is 3.37. The third-order valence-electron chi connectivity index (χ3n) is 1.94. The van der Waals surface area contributed by atoms with Crippen LogP contribution in [-0.2, 0) is 4.74 Å². The molecule has 0 saturated carbocycles. The zero-order valence-electron chi connectivity index (χ0n) is 7.27. The Bertz CT molecular complexity index is 225. The number of hydrogen-bond acceptors (Lipinski definition) is 3. The molecular formula is C9H13NO3. The maximum Gasteiger partial charge on any atom is 0.506 e. The van der Waals surface area contributed by atoms with Crippen LogP contribution >= 0.6 is 0 Å². The fraction of sp³-hybridized carbons (Fsp3) is 0.444. The first-order valence-corrected chi connectivity index (χ1v) is 4.17. The summed E-state index contributed by atoms with van der Waals surface area (Å²) in [4.78, 5) is 10.3. The Morgan fingerprint density at radius 2 is 2.62 bits per heavy atom. The van der Waals surface area contributed by atoms with Crippen LogP contribution in [0, 0.1) is 0 Å². The summed E-state index contributed by atoms with van der Waals surface area (Å²) in [5.41, 5.74) is 0. The van der Waals surface area contributed by atoms with Crippen molar-refractivity contribution in [3.05, 3.63) is 24.9 Å². The van der Waals surface area contributed by atoms with E-state index in [1.54, 1.807) is 0 Å². The number of carboxylic acid groups (broad SMARTS) is 1. The monoisotopic (exact) mass is 183 g/mol. The minimum absolute atomic E-state index is 0.0126. The Morgan fingerprint density at radius 3 is 3.08 bits per heavy atom. The van der Waals surface area contributed by atoms with Gasteiger partial charge in [-0.3, -0.25) is 0 Å². The first kappa shape index (κ1) is 9.64. The summed E-state index contributed by atoms with van der Waals surface area (Å²) < 4.78 is 4.64. The molecule has 0 amide bonds. The second-order valence-electron chi connectivity index (χ2n) is 2.84. The first-order chi connectivity index (χ1) is 6.24. The van der Waals surface area contributed by atoms with E-state index >= 15 is 0 Å². The number of ether oxygens (including phenoxy) is 1. The van der Waals surface area contributed by atoms with Gasteiger partial charge >= 0.3 is 6.16 Å². The van der Waals surface area contributed by atoms with E-state index in [9.17, 15) is 4.79 Å². The molecule has 4 heteroatoms. The van der Waals surface area contributed by atoms with E-state index < -0.39 is 12.3 Å². The molecule has 0 radical (unpaired) electrons. The molecule has 1 aliphatic rings. The van der Waals surface area contributed by atoms with E-state index in [0.717, 1.165) is 12.8 Å². The van der Waals surface area contributed by atoms with E-state index in [1.165, 1.54) is 6.08 Å². The minimum Gasteiger partial charge on any atom is -0.450 e. The maximum atomic E-state index is 10.3. The van der Waals surface area contributed by atoms with Crippen molar-refractivity contribution in [2.75, 3.05) is 0 Å². The number of hydrogen-bond donors (Lipinski definition) is 2. The minimum atomic E-state index is -1.26. The van der Waals surface area contributed by atoms with Crippen molar-refractivity contribution in [2.24, 2.45) is 0 Å². The molecule has 0 aromatic rings.